The molecule has 1 aromatic heterocycles. The van der Waals surface area contributed by atoms with Gasteiger partial charge in [0.15, 0.2) is 5.82 Å². The molecule has 0 bridgehead atoms. The van der Waals surface area contributed by atoms with E-state index in [-0.39, 0.29) is 0 Å². The van der Waals surface area contributed by atoms with Gasteiger partial charge in [-0.05, 0) is 0 Å². The summed E-state index contributed by atoms with van der Waals surface area (Å²) in [4.78, 5) is 4.27. The third-order valence-electron chi connectivity index (χ3n) is 1.52. The summed E-state index contributed by atoms with van der Waals surface area (Å²) in [5.41, 5.74) is 0. The first kappa shape index (κ1) is 8.04. The molecule has 1 heterocycles. The molecule has 0 unspecified atom stereocenters. The van der Waals surface area contributed by atoms with Gasteiger partial charge in [0.1, 0.15) is 0 Å². The molecule has 4 heteroatoms. The minimum atomic E-state index is 0.392. The molecule has 4 nitrogen and oxygen atoms in total. The molecule has 0 radical (unpaired) electrons. The predicted molar refractivity (Wildman–Crippen MR) is 44.6 cm³/mol. The van der Waals surface area contributed by atoms with Crippen molar-refractivity contribution in [1.82, 2.24) is 14.8 Å². The number of hydrogen-bond acceptors (Lipinski definition) is 3. The lowest BCUT2D eigenvalue weighted by molar-refractivity contribution is 0.712. The number of hydrogen-bond donors (Lipinski definition) is 1. The molecule has 0 atom stereocenters. The van der Waals surface area contributed by atoms with Crippen LogP contribution in [0.1, 0.15) is 25.6 Å². The van der Waals surface area contributed by atoms with Gasteiger partial charge in [-0.25, -0.2) is 4.68 Å². The Bertz CT molecular complexity index is 239. The van der Waals surface area contributed by atoms with Crippen molar-refractivity contribution in [1.29, 1.82) is 0 Å². The lowest BCUT2D eigenvalue weighted by atomic mass is 10.2. The van der Waals surface area contributed by atoms with E-state index in [1.165, 1.54) is 0 Å². The number of rotatable bonds is 2. The summed E-state index contributed by atoms with van der Waals surface area (Å²) in [6, 6.07) is 0. The maximum Gasteiger partial charge on any atom is 0.220 e. The molecule has 0 fully saturated rings. The van der Waals surface area contributed by atoms with Crippen molar-refractivity contribution in [3.8, 4) is 0 Å². The van der Waals surface area contributed by atoms with Crippen LogP contribution in [-0.2, 0) is 7.05 Å². The van der Waals surface area contributed by atoms with Gasteiger partial charge in [-0.2, -0.15) is 10.1 Å². The van der Waals surface area contributed by atoms with Crippen LogP contribution < -0.4 is 5.32 Å². The van der Waals surface area contributed by atoms with Gasteiger partial charge in [0.2, 0.25) is 5.95 Å². The van der Waals surface area contributed by atoms with Gasteiger partial charge in [-0.15, -0.1) is 0 Å². The van der Waals surface area contributed by atoms with E-state index in [0.29, 0.717) is 5.92 Å². The fourth-order valence-electron chi connectivity index (χ4n) is 0.867. The molecule has 0 spiro atoms. The molecule has 0 aliphatic heterocycles. The van der Waals surface area contributed by atoms with Crippen molar-refractivity contribution in [3.05, 3.63) is 5.82 Å². The number of aromatic nitrogens is 3. The second-order valence-electron chi connectivity index (χ2n) is 2.82. The quantitative estimate of drug-likeness (QED) is 0.690. The van der Waals surface area contributed by atoms with E-state index in [1.807, 2.05) is 14.1 Å². The summed E-state index contributed by atoms with van der Waals surface area (Å²) in [6.07, 6.45) is 0. The van der Waals surface area contributed by atoms with E-state index in [9.17, 15) is 0 Å². The van der Waals surface area contributed by atoms with Gasteiger partial charge in [0.05, 0.1) is 0 Å². The van der Waals surface area contributed by atoms with Crippen LogP contribution in [0.5, 0.6) is 0 Å². The van der Waals surface area contributed by atoms with Crippen LogP contribution in [0.2, 0.25) is 0 Å². The predicted octanol–water partition coefficient (Wildman–Crippen LogP) is 0.980. The summed E-state index contributed by atoms with van der Waals surface area (Å²) in [7, 11) is 3.72. The van der Waals surface area contributed by atoms with E-state index in [4.69, 9.17) is 0 Å². The molecule has 1 aromatic rings. The Hall–Kier alpha value is -1.06. The van der Waals surface area contributed by atoms with E-state index < -0.39 is 0 Å². The molecule has 0 aliphatic carbocycles. The summed E-state index contributed by atoms with van der Waals surface area (Å²) in [5.74, 6) is 2.09. The molecule has 0 aromatic carbocycles. The highest BCUT2D eigenvalue weighted by atomic mass is 15.4. The maximum absolute atomic E-state index is 4.27. The third kappa shape index (κ3) is 1.50. The first-order valence-corrected chi connectivity index (χ1v) is 3.74. The Kier molecular flexibility index (Phi) is 2.12. The van der Waals surface area contributed by atoms with Crippen molar-refractivity contribution in [3.63, 3.8) is 0 Å². The van der Waals surface area contributed by atoms with Gasteiger partial charge in [0, 0.05) is 20.0 Å². The first-order valence-electron chi connectivity index (χ1n) is 3.74. The fraction of sp³-hybridized carbons (Fsp3) is 0.714. The van der Waals surface area contributed by atoms with Gasteiger partial charge in [-0.1, -0.05) is 13.8 Å². The molecule has 0 saturated heterocycles. The zero-order chi connectivity index (χ0) is 8.43. The van der Waals surface area contributed by atoms with Crippen molar-refractivity contribution in [2.75, 3.05) is 12.4 Å². The highest BCUT2D eigenvalue weighted by Gasteiger charge is 2.07. The average molecular weight is 154 g/mol. The Morgan fingerprint density at radius 1 is 1.45 bits per heavy atom. The monoisotopic (exact) mass is 154 g/mol. The van der Waals surface area contributed by atoms with Gasteiger partial charge in [-0.3, -0.25) is 0 Å². The van der Waals surface area contributed by atoms with Crippen molar-refractivity contribution in [2.24, 2.45) is 7.05 Å². The zero-order valence-electron chi connectivity index (χ0n) is 7.42. The first-order chi connectivity index (χ1) is 5.15. The number of aryl methyl sites for hydroxylation is 1. The van der Waals surface area contributed by atoms with E-state index in [1.54, 1.807) is 4.68 Å². The molecular formula is C7H14N4. The van der Waals surface area contributed by atoms with E-state index >= 15 is 0 Å². The van der Waals surface area contributed by atoms with Crippen molar-refractivity contribution < 1.29 is 0 Å². The molecule has 1 N–H and O–H groups in total. The average Bonchev–Trinajstić information content (AvgIpc) is 2.31. The Morgan fingerprint density at radius 3 is 2.36 bits per heavy atom. The van der Waals surface area contributed by atoms with Crippen LogP contribution in [0, 0.1) is 0 Å². The molecule has 0 amide bonds. The number of nitrogens with zero attached hydrogens (tertiary/aromatic N) is 3. The van der Waals surface area contributed by atoms with Crippen LogP contribution in [0.3, 0.4) is 0 Å². The van der Waals surface area contributed by atoms with Crippen LogP contribution in [0.25, 0.3) is 0 Å². The summed E-state index contributed by atoms with van der Waals surface area (Å²) < 4.78 is 1.75. The molecule has 62 valence electrons. The van der Waals surface area contributed by atoms with Crippen molar-refractivity contribution >= 4 is 5.95 Å². The van der Waals surface area contributed by atoms with E-state index in [2.05, 4.69) is 29.2 Å². The molecule has 0 aliphatic rings. The van der Waals surface area contributed by atoms with Crippen LogP contribution in [0.4, 0.5) is 5.95 Å². The smallest absolute Gasteiger partial charge is 0.220 e. The number of anilines is 1. The minimum absolute atomic E-state index is 0.392. The Balaban J connectivity index is 2.95. The lowest BCUT2D eigenvalue weighted by Gasteiger charge is -1.93. The minimum Gasteiger partial charge on any atom is -0.358 e. The Morgan fingerprint density at radius 2 is 2.09 bits per heavy atom. The van der Waals surface area contributed by atoms with Gasteiger partial charge in [0.25, 0.3) is 0 Å². The normalized spacial score (nSPS) is 10.6. The van der Waals surface area contributed by atoms with E-state index in [0.717, 1.165) is 11.8 Å². The largest absolute Gasteiger partial charge is 0.358 e. The third-order valence-corrected chi connectivity index (χ3v) is 1.52. The van der Waals surface area contributed by atoms with Gasteiger partial charge < -0.3 is 5.32 Å². The highest BCUT2D eigenvalue weighted by molar-refractivity contribution is 5.23. The zero-order valence-corrected chi connectivity index (χ0v) is 7.42. The lowest BCUT2D eigenvalue weighted by Crippen LogP contribution is -1.98. The summed E-state index contributed by atoms with van der Waals surface area (Å²) in [6.45, 7) is 4.16. The van der Waals surface area contributed by atoms with Gasteiger partial charge >= 0.3 is 0 Å². The molecule has 11 heavy (non-hydrogen) atoms. The van der Waals surface area contributed by atoms with Crippen LogP contribution >= 0.6 is 0 Å². The fourth-order valence-corrected chi connectivity index (χ4v) is 0.867. The standard InChI is InChI=1S/C7H14N4/c1-5(2)6-9-7(8-3)11(4)10-6/h5H,1-4H3,(H,8,9,10). The second kappa shape index (κ2) is 2.90. The number of nitrogens with one attached hydrogen (secondary N) is 1. The SMILES string of the molecule is CNc1nc(C(C)C)nn1C. The summed E-state index contributed by atoms with van der Waals surface area (Å²) >= 11 is 0. The second-order valence-corrected chi connectivity index (χ2v) is 2.82. The highest BCUT2D eigenvalue weighted by Crippen LogP contribution is 2.10. The maximum atomic E-state index is 4.27. The Labute approximate surface area is 66.6 Å². The van der Waals surface area contributed by atoms with Crippen LogP contribution in [-0.4, -0.2) is 21.8 Å². The van der Waals surface area contributed by atoms with Crippen molar-refractivity contribution in [2.45, 2.75) is 19.8 Å². The molecule has 1 rings (SSSR count). The van der Waals surface area contributed by atoms with Crippen LogP contribution in [0.15, 0.2) is 0 Å². The molecule has 0 saturated carbocycles. The summed E-state index contributed by atoms with van der Waals surface area (Å²) in [5, 5.41) is 7.18. The topological polar surface area (TPSA) is 42.7 Å². The molecular weight excluding hydrogens is 140 g/mol.